The van der Waals surface area contributed by atoms with Crippen LogP contribution in [-0.4, -0.2) is 79.4 Å². The first-order valence-corrected chi connectivity index (χ1v) is 11.7. The molecule has 3 saturated heterocycles. The van der Waals surface area contributed by atoms with Crippen molar-refractivity contribution in [2.24, 2.45) is 0 Å². The monoisotopic (exact) mass is 447 g/mol. The average molecular weight is 448 g/mol. The fourth-order valence-electron chi connectivity index (χ4n) is 5.79. The summed E-state index contributed by atoms with van der Waals surface area (Å²) in [6, 6.07) is 7.27. The lowest BCUT2D eigenvalue weighted by Gasteiger charge is -2.46. The van der Waals surface area contributed by atoms with Crippen LogP contribution in [0.5, 0.6) is 0 Å². The second kappa shape index (κ2) is 10.2. The van der Waals surface area contributed by atoms with E-state index in [0.29, 0.717) is 19.3 Å². The number of ether oxygens (including phenoxy) is 2. The van der Waals surface area contributed by atoms with E-state index in [2.05, 4.69) is 4.90 Å². The Labute approximate surface area is 189 Å². The van der Waals surface area contributed by atoms with Crippen LogP contribution in [0.1, 0.15) is 45.4 Å². The van der Waals surface area contributed by atoms with E-state index in [1.807, 2.05) is 9.80 Å². The predicted octanol–water partition coefficient (Wildman–Crippen LogP) is 3.42. The van der Waals surface area contributed by atoms with E-state index in [4.69, 9.17) is 9.47 Å². The lowest BCUT2D eigenvalue weighted by atomic mass is 9.93. The van der Waals surface area contributed by atoms with E-state index in [1.54, 1.807) is 26.2 Å². The number of hydrogen-bond acceptors (Lipinski definition) is 5. The van der Waals surface area contributed by atoms with E-state index < -0.39 is 0 Å². The molecule has 1 aromatic carbocycles. The van der Waals surface area contributed by atoms with Crippen molar-refractivity contribution in [3.05, 3.63) is 30.1 Å². The molecule has 0 radical (unpaired) electrons. The molecule has 1 aromatic rings. The van der Waals surface area contributed by atoms with Gasteiger partial charge in [-0.15, -0.1) is 0 Å². The summed E-state index contributed by atoms with van der Waals surface area (Å²) in [5, 5.41) is 0. The van der Waals surface area contributed by atoms with Gasteiger partial charge in [-0.2, -0.15) is 0 Å². The fourth-order valence-corrected chi connectivity index (χ4v) is 5.79. The molecule has 2 bridgehead atoms. The van der Waals surface area contributed by atoms with Crippen LogP contribution in [0.2, 0.25) is 0 Å². The highest BCUT2D eigenvalue weighted by molar-refractivity contribution is 5.92. The molecule has 0 aliphatic carbocycles. The van der Waals surface area contributed by atoms with E-state index >= 15 is 0 Å². The Balaban J connectivity index is 1.32. The molecule has 0 spiro atoms. The molecule has 2 atom stereocenters. The van der Waals surface area contributed by atoms with Crippen molar-refractivity contribution < 1.29 is 23.5 Å². The lowest BCUT2D eigenvalue weighted by molar-refractivity contribution is -0.117. The highest BCUT2D eigenvalue weighted by atomic mass is 19.1. The molecule has 4 rings (SSSR count). The van der Waals surface area contributed by atoms with Crippen LogP contribution in [-0.2, 0) is 14.3 Å². The molecular weight excluding hydrogens is 413 g/mol. The smallest absolute Gasteiger partial charge is 0.410 e. The fraction of sp³-hybridized carbons (Fsp3) is 0.667. The minimum atomic E-state index is -0.296. The zero-order chi connectivity index (χ0) is 22.7. The van der Waals surface area contributed by atoms with Crippen LogP contribution < -0.4 is 4.90 Å². The Morgan fingerprint density at radius 1 is 1.00 bits per heavy atom. The summed E-state index contributed by atoms with van der Waals surface area (Å²) in [4.78, 5) is 31.2. The molecule has 0 N–H and O–H groups in total. The van der Waals surface area contributed by atoms with Gasteiger partial charge in [0.2, 0.25) is 5.91 Å². The molecule has 3 aliphatic rings. The van der Waals surface area contributed by atoms with Crippen LogP contribution in [0.4, 0.5) is 14.9 Å². The summed E-state index contributed by atoms with van der Waals surface area (Å²) in [7, 11) is 1.60. The molecular formula is C24H34FN3O4. The van der Waals surface area contributed by atoms with Gasteiger partial charge in [0.1, 0.15) is 12.4 Å². The van der Waals surface area contributed by atoms with Gasteiger partial charge in [-0.1, -0.05) is 0 Å². The van der Waals surface area contributed by atoms with Crippen LogP contribution in [0.15, 0.2) is 24.3 Å². The van der Waals surface area contributed by atoms with E-state index in [0.717, 1.165) is 57.3 Å². The van der Waals surface area contributed by atoms with E-state index in [1.165, 1.54) is 12.1 Å². The third kappa shape index (κ3) is 4.91. The standard InChI is InChI=1S/C24H34FN3O4/c1-17(29)27(19-5-3-18(25)4-6-19)20-9-11-26(12-10-20)23-15-21-7-8-22(16-23)28(21)24(30)32-14-13-31-2/h3-6,20-23H,7-16H2,1-2H3. The number of anilines is 1. The van der Waals surface area contributed by atoms with Crippen LogP contribution in [0.25, 0.3) is 0 Å². The van der Waals surface area contributed by atoms with Gasteiger partial charge in [0, 0.05) is 57.0 Å². The van der Waals surface area contributed by atoms with Gasteiger partial charge in [-0.3, -0.25) is 4.79 Å². The van der Waals surface area contributed by atoms with Gasteiger partial charge in [0.15, 0.2) is 0 Å². The number of nitrogens with zero attached hydrogens (tertiary/aromatic N) is 3. The Bertz CT molecular complexity index is 783. The summed E-state index contributed by atoms with van der Waals surface area (Å²) < 4.78 is 23.7. The Hall–Kier alpha value is -2.19. The molecule has 8 heteroatoms. The molecule has 32 heavy (non-hydrogen) atoms. The first kappa shape index (κ1) is 23.0. The molecule has 0 saturated carbocycles. The number of halogens is 1. The second-order valence-corrected chi connectivity index (χ2v) is 9.16. The maximum Gasteiger partial charge on any atom is 0.410 e. The molecule has 2 amide bonds. The van der Waals surface area contributed by atoms with Crippen molar-refractivity contribution in [1.82, 2.24) is 9.80 Å². The van der Waals surface area contributed by atoms with Crippen molar-refractivity contribution >= 4 is 17.7 Å². The van der Waals surface area contributed by atoms with Crippen LogP contribution >= 0.6 is 0 Å². The van der Waals surface area contributed by atoms with Crippen LogP contribution in [0.3, 0.4) is 0 Å². The van der Waals surface area contributed by atoms with Crippen molar-refractivity contribution in [2.75, 3.05) is 38.3 Å². The zero-order valence-corrected chi connectivity index (χ0v) is 19.0. The minimum Gasteiger partial charge on any atom is -0.447 e. The maximum absolute atomic E-state index is 13.3. The van der Waals surface area contributed by atoms with Gasteiger partial charge >= 0.3 is 6.09 Å². The summed E-state index contributed by atoms with van der Waals surface area (Å²) >= 11 is 0. The second-order valence-electron chi connectivity index (χ2n) is 9.16. The number of hydrogen-bond donors (Lipinski definition) is 0. The number of likely N-dealkylation sites (tertiary alicyclic amines) is 1. The Morgan fingerprint density at radius 2 is 1.62 bits per heavy atom. The molecule has 0 aromatic heterocycles. The first-order valence-electron chi connectivity index (χ1n) is 11.7. The van der Waals surface area contributed by atoms with Gasteiger partial charge in [0.25, 0.3) is 0 Å². The predicted molar refractivity (Wildman–Crippen MR) is 119 cm³/mol. The average Bonchev–Trinajstić information content (AvgIpc) is 3.05. The summed E-state index contributed by atoms with van der Waals surface area (Å²) in [6.45, 7) is 4.15. The highest BCUT2D eigenvalue weighted by Crippen LogP contribution is 2.39. The number of carbonyl (C=O) groups excluding carboxylic acids is 2. The SMILES string of the molecule is COCCOC(=O)N1C2CCC1CC(N1CCC(N(C(C)=O)c3ccc(F)cc3)CC1)C2. The zero-order valence-electron chi connectivity index (χ0n) is 19.0. The number of amides is 2. The van der Waals surface area contributed by atoms with Crippen molar-refractivity contribution in [2.45, 2.75) is 69.6 Å². The molecule has 3 fully saturated rings. The van der Waals surface area contributed by atoms with Crippen molar-refractivity contribution in [3.63, 3.8) is 0 Å². The third-order valence-corrected chi connectivity index (χ3v) is 7.26. The highest BCUT2D eigenvalue weighted by Gasteiger charge is 2.46. The van der Waals surface area contributed by atoms with E-state index in [9.17, 15) is 14.0 Å². The normalized spacial score (nSPS) is 26.2. The molecule has 3 aliphatic heterocycles. The number of piperidine rings is 2. The quantitative estimate of drug-likeness (QED) is 0.626. The lowest BCUT2D eigenvalue weighted by Crippen LogP contribution is -2.55. The molecule has 176 valence electrons. The van der Waals surface area contributed by atoms with Gasteiger partial charge in [0.05, 0.1) is 6.61 Å². The largest absolute Gasteiger partial charge is 0.447 e. The van der Waals surface area contributed by atoms with Gasteiger partial charge in [-0.25, -0.2) is 9.18 Å². The maximum atomic E-state index is 13.3. The summed E-state index contributed by atoms with van der Waals surface area (Å²) in [5.74, 6) is -0.302. The van der Waals surface area contributed by atoms with Crippen molar-refractivity contribution in [3.8, 4) is 0 Å². The third-order valence-electron chi connectivity index (χ3n) is 7.26. The molecule has 3 heterocycles. The Kier molecular flexibility index (Phi) is 7.30. The number of rotatable bonds is 6. The topological polar surface area (TPSA) is 62.3 Å². The summed E-state index contributed by atoms with van der Waals surface area (Å²) in [6.07, 6.45) is 5.63. The first-order chi connectivity index (χ1) is 15.5. The van der Waals surface area contributed by atoms with Crippen molar-refractivity contribution in [1.29, 1.82) is 0 Å². The number of carbonyl (C=O) groups is 2. The molecule has 7 nitrogen and oxygen atoms in total. The molecule has 2 unspecified atom stereocenters. The Morgan fingerprint density at radius 3 is 2.19 bits per heavy atom. The van der Waals surface area contributed by atoms with Crippen LogP contribution in [0, 0.1) is 5.82 Å². The summed E-state index contributed by atoms with van der Waals surface area (Å²) in [5.41, 5.74) is 0.760. The van der Waals surface area contributed by atoms with Gasteiger partial charge < -0.3 is 24.2 Å². The number of methoxy groups -OCH3 is 1. The van der Waals surface area contributed by atoms with E-state index in [-0.39, 0.29) is 35.9 Å². The van der Waals surface area contributed by atoms with Gasteiger partial charge in [-0.05, 0) is 62.8 Å². The number of fused-ring (bicyclic) bond motifs is 2. The minimum absolute atomic E-state index is 0.00611. The number of benzene rings is 1.